The van der Waals surface area contributed by atoms with Gasteiger partial charge in [-0.2, -0.15) is 0 Å². The van der Waals surface area contributed by atoms with Crippen LogP contribution in [0.3, 0.4) is 0 Å². The standard InChI is InChI=1S/C15H21N3O5.ClH/c1-21-11-5-10(6-12(7-11)22-2)18-14(19)9-17-15(20)13-8-16-3-4-23-13;/h5-7,13,16H,3-4,8-9H2,1-2H3,(H,17,20)(H,18,19);1H. The van der Waals surface area contributed by atoms with E-state index in [2.05, 4.69) is 16.0 Å². The quantitative estimate of drug-likeness (QED) is 0.670. The van der Waals surface area contributed by atoms with Crippen molar-refractivity contribution in [3.8, 4) is 11.5 Å². The van der Waals surface area contributed by atoms with Crippen LogP contribution in [0.5, 0.6) is 11.5 Å². The smallest absolute Gasteiger partial charge is 0.250 e. The van der Waals surface area contributed by atoms with Gasteiger partial charge in [0.25, 0.3) is 5.91 Å². The van der Waals surface area contributed by atoms with Crippen LogP contribution in [-0.4, -0.2) is 58.4 Å². The van der Waals surface area contributed by atoms with Crippen molar-refractivity contribution in [2.75, 3.05) is 45.8 Å². The molecule has 1 aliphatic rings. The van der Waals surface area contributed by atoms with Crippen molar-refractivity contribution in [3.05, 3.63) is 18.2 Å². The molecule has 1 heterocycles. The summed E-state index contributed by atoms with van der Waals surface area (Å²) in [6.07, 6.45) is -0.562. The predicted octanol–water partition coefficient (Wildman–Crippen LogP) is 0.169. The van der Waals surface area contributed by atoms with Gasteiger partial charge in [0.15, 0.2) is 0 Å². The minimum atomic E-state index is -0.562. The summed E-state index contributed by atoms with van der Waals surface area (Å²) in [4.78, 5) is 23.8. The summed E-state index contributed by atoms with van der Waals surface area (Å²) in [7, 11) is 3.05. The summed E-state index contributed by atoms with van der Waals surface area (Å²) in [6.45, 7) is 1.51. The summed E-state index contributed by atoms with van der Waals surface area (Å²) in [5.74, 6) is 0.462. The van der Waals surface area contributed by atoms with Gasteiger partial charge in [0.2, 0.25) is 5.91 Å². The molecule has 3 N–H and O–H groups in total. The second kappa shape index (κ2) is 9.96. The van der Waals surface area contributed by atoms with Crippen LogP contribution in [0.2, 0.25) is 0 Å². The minimum Gasteiger partial charge on any atom is -0.497 e. The molecule has 24 heavy (non-hydrogen) atoms. The summed E-state index contributed by atoms with van der Waals surface area (Å²) in [6, 6.07) is 5.03. The van der Waals surface area contributed by atoms with Gasteiger partial charge in [-0.05, 0) is 0 Å². The van der Waals surface area contributed by atoms with Crippen molar-refractivity contribution >= 4 is 29.9 Å². The van der Waals surface area contributed by atoms with Crippen LogP contribution in [0.4, 0.5) is 5.69 Å². The maximum absolute atomic E-state index is 11.9. The molecule has 8 nitrogen and oxygen atoms in total. The average molecular weight is 360 g/mol. The van der Waals surface area contributed by atoms with Crippen molar-refractivity contribution in [2.45, 2.75) is 6.10 Å². The average Bonchev–Trinajstić information content (AvgIpc) is 2.60. The maximum atomic E-state index is 11.9. The maximum Gasteiger partial charge on any atom is 0.250 e. The Balaban J connectivity index is 0.00000288. The molecule has 2 rings (SSSR count). The molecule has 1 aliphatic heterocycles. The molecule has 9 heteroatoms. The van der Waals surface area contributed by atoms with Gasteiger partial charge in [-0.1, -0.05) is 0 Å². The number of benzene rings is 1. The van der Waals surface area contributed by atoms with Gasteiger partial charge in [0.1, 0.15) is 17.6 Å². The monoisotopic (exact) mass is 359 g/mol. The van der Waals surface area contributed by atoms with Crippen LogP contribution in [0.15, 0.2) is 18.2 Å². The van der Waals surface area contributed by atoms with Gasteiger partial charge in [0, 0.05) is 37.0 Å². The SMILES string of the molecule is COc1cc(NC(=O)CNC(=O)C2CNCCO2)cc(OC)c1.Cl. The fraction of sp³-hybridized carbons (Fsp3) is 0.467. The van der Waals surface area contributed by atoms with Gasteiger partial charge in [-0.15, -0.1) is 12.4 Å². The van der Waals surface area contributed by atoms with E-state index in [-0.39, 0.29) is 30.8 Å². The summed E-state index contributed by atoms with van der Waals surface area (Å²) < 4.78 is 15.6. The predicted molar refractivity (Wildman–Crippen MR) is 91.0 cm³/mol. The summed E-state index contributed by atoms with van der Waals surface area (Å²) in [5.41, 5.74) is 0.524. The van der Waals surface area contributed by atoms with Crippen LogP contribution < -0.4 is 25.4 Å². The third-order valence-corrected chi connectivity index (χ3v) is 3.28. The van der Waals surface area contributed by atoms with E-state index >= 15 is 0 Å². The van der Waals surface area contributed by atoms with E-state index in [0.29, 0.717) is 30.3 Å². The first-order chi connectivity index (χ1) is 11.1. The Morgan fingerprint density at radius 3 is 2.46 bits per heavy atom. The lowest BCUT2D eigenvalue weighted by Crippen LogP contribution is -2.49. The van der Waals surface area contributed by atoms with E-state index in [1.54, 1.807) is 18.2 Å². The van der Waals surface area contributed by atoms with Crippen molar-refractivity contribution < 1.29 is 23.8 Å². The number of halogens is 1. The number of nitrogens with one attached hydrogen (secondary N) is 3. The normalized spacial score (nSPS) is 16.5. The molecule has 0 radical (unpaired) electrons. The Bertz CT molecular complexity index is 542. The van der Waals surface area contributed by atoms with E-state index < -0.39 is 6.10 Å². The number of morpholine rings is 1. The molecule has 0 saturated carbocycles. The first kappa shape index (κ1) is 20.0. The Morgan fingerprint density at radius 1 is 1.25 bits per heavy atom. The molecule has 1 saturated heterocycles. The van der Waals surface area contributed by atoms with Crippen LogP contribution in [0.1, 0.15) is 0 Å². The van der Waals surface area contributed by atoms with E-state index in [1.165, 1.54) is 14.2 Å². The summed E-state index contributed by atoms with van der Waals surface area (Å²) >= 11 is 0. The fourth-order valence-electron chi connectivity index (χ4n) is 2.10. The van der Waals surface area contributed by atoms with E-state index in [0.717, 1.165) is 6.54 Å². The van der Waals surface area contributed by atoms with E-state index in [1.807, 2.05) is 0 Å². The highest BCUT2D eigenvalue weighted by molar-refractivity contribution is 5.95. The Hall–Kier alpha value is -2.03. The minimum absolute atomic E-state index is 0. The zero-order valence-electron chi connectivity index (χ0n) is 13.6. The molecule has 134 valence electrons. The van der Waals surface area contributed by atoms with Gasteiger partial charge >= 0.3 is 0 Å². The number of hydrogen-bond acceptors (Lipinski definition) is 6. The van der Waals surface area contributed by atoms with Crippen molar-refractivity contribution in [3.63, 3.8) is 0 Å². The highest BCUT2D eigenvalue weighted by Crippen LogP contribution is 2.25. The lowest BCUT2D eigenvalue weighted by atomic mass is 10.2. The van der Waals surface area contributed by atoms with Gasteiger partial charge in [-0.3, -0.25) is 9.59 Å². The van der Waals surface area contributed by atoms with Crippen LogP contribution in [0, 0.1) is 0 Å². The number of ether oxygens (including phenoxy) is 3. The van der Waals surface area contributed by atoms with Crippen molar-refractivity contribution in [1.82, 2.24) is 10.6 Å². The van der Waals surface area contributed by atoms with Crippen LogP contribution >= 0.6 is 12.4 Å². The number of rotatable bonds is 6. The highest BCUT2D eigenvalue weighted by Gasteiger charge is 2.21. The lowest BCUT2D eigenvalue weighted by molar-refractivity contribution is -0.135. The third kappa shape index (κ3) is 5.88. The molecule has 0 spiro atoms. The zero-order valence-corrected chi connectivity index (χ0v) is 14.4. The molecular weight excluding hydrogens is 338 g/mol. The van der Waals surface area contributed by atoms with Crippen molar-refractivity contribution in [1.29, 1.82) is 0 Å². The molecule has 0 bridgehead atoms. The molecule has 1 atom stereocenters. The van der Waals surface area contributed by atoms with Gasteiger partial charge in [0.05, 0.1) is 27.4 Å². The Labute approximate surface area is 146 Å². The lowest BCUT2D eigenvalue weighted by Gasteiger charge is -2.22. The largest absolute Gasteiger partial charge is 0.497 e. The molecule has 1 aromatic rings. The first-order valence-corrected chi connectivity index (χ1v) is 7.25. The molecular formula is C15H22ClN3O5. The molecule has 0 aliphatic carbocycles. The fourth-order valence-corrected chi connectivity index (χ4v) is 2.10. The molecule has 0 aromatic heterocycles. The Kier molecular flexibility index (Phi) is 8.31. The molecule has 1 fully saturated rings. The summed E-state index contributed by atoms with van der Waals surface area (Å²) in [5, 5.41) is 8.29. The van der Waals surface area contributed by atoms with E-state index in [4.69, 9.17) is 14.2 Å². The zero-order chi connectivity index (χ0) is 16.7. The molecule has 1 aromatic carbocycles. The highest BCUT2D eigenvalue weighted by atomic mass is 35.5. The molecule has 1 unspecified atom stereocenters. The second-order valence-electron chi connectivity index (χ2n) is 4.93. The number of methoxy groups -OCH3 is 2. The van der Waals surface area contributed by atoms with Gasteiger partial charge in [-0.25, -0.2) is 0 Å². The number of hydrogen-bond donors (Lipinski definition) is 3. The molecule has 2 amide bonds. The van der Waals surface area contributed by atoms with E-state index in [9.17, 15) is 9.59 Å². The van der Waals surface area contributed by atoms with Crippen molar-refractivity contribution in [2.24, 2.45) is 0 Å². The third-order valence-electron chi connectivity index (χ3n) is 3.28. The van der Waals surface area contributed by atoms with Crippen LogP contribution in [0.25, 0.3) is 0 Å². The Morgan fingerprint density at radius 2 is 1.92 bits per heavy atom. The number of amides is 2. The number of anilines is 1. The van der Waals surface area contributed by atoms with Crippen LogP contribution in [-0.2, 0) is 14.3 Å². The number of carbonyl (C=O) groups is 2. The second-order valence-corrected chi connectivity index (χ2v) is 4.93. The number of carbonyl (C=O) groups excluding carboxylic acids is 2. The van der Waals surface area contributed by atoms with Gasteiger partial charge < -0.3 is 30.2 Å². The topological polar surface area (TPSA) is 97.9 Å². The first-order valence-electron chi connectivity index (χ1n) is 7.25.